The van der Waals surface area contributed by atoms with E-state index in [1.54, 1.807) is 0 Å². The average Bonchev–Trinajstić information content (AvgIpc) is 2.24. The molecule has 0 saturated carbocycles. The Kier molecular flexibility index (Phi) is 5.55. The van der Waals surface area contributed by atoms with Crippen LogP contribution in [0.4, 0.5) is 0 Å². The van der Waals surface area contributed by atoms with Gasteiger partial charge in [-0.3, -0.25) is 4.79 Å². The molecule has 0 bridgehead atoms. The van der Waals surface area contributed by atoms with Gasteiger partial charge in [-0.2, -0.15) is 0 Å². The highest BCUT2D eigenvalue weighted by molar-refractivity contribution is 5.66. The van der Waals surface area contributed by atoms with Crippen LogP contribution in [0.15, 0.2) is 12.1 Å². The van der Waals surface area contributed by atoms with Crippen LogP contribution in [0, 0.1) is 20.8 Å². The zero-order valence-corrected chi connectivity index (χ0v) is 12.7. The standard InChI is InChI=1S/C16H25NO2/c1-11-9-12(2)16(13(3)10-11)14(17(4)5)7-6-8-15(18)19/h9-10,14H,6-8H2,1-5H3,(H,18,19). The fraction of sp³-hybridized carbons (Fsp3) is 0.562. The van der Waals surface area contributed by atoms with Crippen LogP contribution >= 0.6 is 0 Å². The molecule has 0 aliphatic heterocycles. The summed E-state index contributed by atoms with van der Waals surface area (Å²) in [5.74, 6) is -0.713. The second-order valence-electron chi connectivity index (χ2n) is 5.58. The van der Waals surface area contributed by atoms with Gasteiger partial charge in [-0.25, -0.2) is 0 Å². The Hall–Kier alpha value is -1.35. The van der Waals surface area contributed by atoms with Crippen LogP contribution in [-0.4, -0.2) is 30.1 Å². The van der Waals surface area contributed by atoms with Crippen LogP contribution in [-0.2, 0) is 4.79 Å². The van der Waals surface area contributed by atoms with Gasteiger partial charge < -0.3 is 10.0 Å². The zero-order chi connectivity index (χ0) is 14.6. The fourth-order valence-corrected chi connectivity index (χ4v) is 2.82. The average molecular weight is 263 g/mol. The van der Waals surface area contributed by atoms with Crippen molar-refractivity contribution in [2.45, 2.75) is 46.1 Å². The lowest BCUT2D eigenvalue weighted by molar-refractivity contribution is -0.137. The summed E-state index contributed by atoms with van der Waals surface area (Å²) in [4.78, 5) is 12.8. The molecular formula is C16H25NO2. The van der Waals surface area contributed by atoms with Gasteiger partial charge in [0.15, 0.2) is 0 Å². The molecule has 0 fully saturated rings. The molecule has 0 heterocycles. The van der Waals surface area contributed by atoms with Gasteiger partial charge in [0.25, 0.3) is 0 Å². The van der Waals surface area contributed by atoms with Gasteiger partial charge in [-0.1, -0.05) is 17.7 Å². The maximum absolute atomic E-state index is 10.7. The van der Waals surface area contributed by atoms with Crippen molar-refractivity contribution in [1.82, 2.24) is 4.90 Å². The Labute approximate surface area is 116 Å². The lowest BCUT2D eigenvalue weighted by Gasteiger charge is -2.28. The number of rotatable bonds is 6. The Morgan fingerprint density at radius 3 is 2.16 bits per heavy atom. The Morgan fingerprint density at radius 2 is 1.74 bits per heavy atom. The van der Waals surface area contributed by atoms with Crippen molar-refractivity contribution in [2.24, 2.45) is 0 Å². The molecule has 0 amide bonds. The quantitative estimate of drug-likeness (QED) is 0.854. The van der Waals surface area contributed by atoms with Gasteiger partial charge in [-0.15, -0.1) is 0 Å². The molecule has 106 valence electrons. The van der Waals surface area contributed by atoms with E-state index >= 15 is 0 Å². The minimum Gasteiger partial charge on any atom is -0.481 e. The Balaban J connectivity index is 2.96. The number of hydrogen-bond acceptors (Lipinski definition) is 2. The van der Waals surface area contributed by atoms with Crippen molar-refractivity contribution < 1.29 is 9.90 Å². The highest BCUT2D eigenvalue weighted by Gasteiger charge is 2.18. The first-order valence-electron chi connectivity index (χ1n) is 6.79. The summed E-state index contributed by atoms with van der Waals surface area (Å²) in [6, 6.07) is 4.70. The number of carboxylic acids is 1. The molecule has 0 saturated heterocycles. The molecule has 1 aromatic carbocycles. The van der Waals surface area contributed by atoms with Crippen molar-refractivity contribution in [3.8, 4) is 0 Å². The van der Waals surface area contributed by atoms with E-state index in [1.165, 1.54) is 22.3 Å². The summed E-state index contributed by atoms with van der Waals surface area (Å²) < 4.78 is 0. The Bertz CT molecular complexity index is 429. The maximum atomic E-state index is 10.7. The molecule has 0 aliphatic rings. The third-order valence-electron chi connectivity index (χ3n) is 3.56. The normalized spacial score (nSPS) is 12.7. The Morgan fingerprint density at radius 1 is 1.21 bits per heavy atom. The van der Waals surface area contributed by atoms with Crippen LogP contribution < -0.4 is 0 Å². The van der Waals surface area contributed by atoms with Crippen molar-refractivity contribution >= 4 is 5.97 Å². The third-order valence-corrected chi connectivity index (χ3v) is 3.56. The van der Waals surface area contributed by atoms with Crippen LogP contribution in [0.25, 0.3) is 0 Å². The van der Waals surface area contributed by atoms with Crippen molar-refractivity contribution in [3.63, 3.8) is 0 Å². The zero-order valence-electron chi connectivity index (χ0n) is 12.7. The number of aliphatic carboxylic acids is 1. The van der Waals surface area contributed by atoms with Gasteiger partial charge in [0.05, 0.1) is 0 Å². The number of aryl methyl sites for hydroxylation is 3. The molecule has 3 nitrogen and oxygen atoms in total. The minimum absolute atomic E-state index is 0.244. The van der Waals surface area contributed by atoms with Crippen LogP contribution in [0.2, 0.25) is 0 Å². The maximum Gasteiger partial charge on any atom is 0.303 e. The molecule has 1 aromatic rings. The molecule has 1 atom stereocenters. The number of benzene rings is 1. The molecule has 0 aliphatic carbocycles. The van der Waals surface area contributed by atoms with E-state index in [4.69, 9.17) is 5.11 Å². The van der Waals surface area contributed by atoms with Crippen molar-refractivity contribution in [3.05, 3.63) is 34.4 Å². The van der Waals surface area contributed by atoms with E-state index in [9.17, 15) is 4.79 Å². The minimum atomic E-state index is -0.713. The number of hydrogen-bond donors (Lipinski definition) is 1. The lowest BCUT2D eigenvalue weighted by Crippen LogP contribution is -2.22. The summed E-state index contributed by atoms with van der Waals surface area (Å²) in [6.45, 7) is 6.39. The van der Waals surface area contributed by atoms with E-state index < -0.39 is 5.97 Å². The second-order valence-corrected chi connectivity index (χ2v) is 5.58. The SMILES string of the molecule is Cc1cc(C)c(C(CCCC(=O)O)N(C)C)c(C)c1. The predicted octanol–water partition coefficient (Wildman–Crippen LogP) is 3.47. The van der Waals surface area contributed by atoms with Crippen molar-refractivity contribution in [1.29, 1.82) is 0 Å². The number of carbonyl (C=O) groups is 1. The van der Waals surface area contributed by atoms with E-state index in [-0.39, 0.29) is 6.42 Å². The first-order valence-corrected chi connectivity index (χ1v) is 6.79. The monoisotopic (exact) mass is 263 g/mol. The van der Waals surface area contributed by atoms with Crippen molar-refractivity contribution in [2.75, 3.05) is 14.1 Å². The van der Waals surface area contributed by atoms with Gasteiger partial charge >= 0.3 is 5.97 Å². The molecule has 3 heteroatoms. The predicted molar refractivity (Wildman–Crippen MR) is 78.6 cm³/mol. The molecule has 0 aromatic heterocycles. The van der Waals surface area contributed by atoms with Gasteiger partial charge in [0, 0.05) is 12.5 Å². The van der Waals surface area contributed by atoms with Crippen LogP contribution in [0.5, 0.6) is 0 Å². The fourth-order valence-electron chi connectivity index (χ4n) is 2.82. The summed E-state index contributed by atoms with van der Waals surface area (Å²) in [7, 11) is 4.12. The van der Waals surface area contributed by atoms with Crippen LogP contribution in [0.1, 0.15) is 47.6 Å². The lowest BCUT2D eigenvalue weighted by atomic mass is 9.90. The first-order chi connectivity index (χ1) is 8.82. The third kappa shape index (κ3) is 4.35. The van der Waals surface area contributed by atoms with E-state index in [1.807, 2.05) is 0 Å². The molecule has 1 N–H and O–H groups in total. The summed E-state index contributed by atoms with van der Waals surface area (Å²) >= 11 is 0. The number of carboxylic acid groups (broad SMARTS) is 1. The molecule has 1 unspecified atom stereocenters. The summed E-state index contributed by atoms with van der Waals surface area (Å²) in [5.41, 5.74) is 5.22. The van der Waals surface area contributed by atoms with Crippen LogP contribution in [0.3, 0.4) is 0 Å². The smallest absolute Gasteiger partial charge is 0.303 e. The summed E-state index contributed by atoms with van der Waals surface area (Å²) in [6.07, 6.45) is 1.84. The van der Waals surface area contributed by atoms with E-state index in [2.05, 4.69) is 51.9 Å². The van der Waals surface area contributed by atoms with Gasteiger partial charge in [0.1, 0.15) is 0 Å². The first kappa shape index (κ1) is 15.7. The summed E-state index contributed by atoms with van der Waals surface area (Å²) in [5, 5.41) is 8.77. The number of nitrogens with zero attached hydrogens (tertiary/aromatic N) is 1. The molecule has 0 radical (unpaired) electrons. The molecule has 1 rings (SSSR count). The second kappa shape index (κ2) is 6.71. The highest BCUT2D eigenvalue weighted by atomic mass is 16.4. The molecule has 19 heavy (non-hydrogen) atoms. The largest absolute Gasteiger partial charge is 0.481 e. The highest BCUT2D eigenvalue weighted by Crippen LogP contribution is 2.30. The molecule has 0 spiro atoms. The van der Waals surface area contributed by atoms with Gasteiger partial charge in [0.2, 0.25) is 0 Å². The van der Waals surface area contributed by atoms with E-state index in [0.717, 1.165) is 6.42 Å². The van der Waals surface area contributed by atoms with E-state index in [0.29, 0.717) is 12.5 Å². The topological polar surface area (TPSA) is 40.5 Å². The van der Waals surface area contributed by atoms with Gasteiger partial charge in [-0.05, 0) is 64.4 Å². The molecular weight excluding hydrogens is 238 g/mol.